The summed E-state index contributed by atoms with van der Waals surface area (Å²) in [6, 6.07) is 10.7. The van der Waals surface area contributed by atoms with Crippen molar-refractivity contribution in [2.24, 2.45) is 5.92 Å². The second-order valence-electron chi connectivity index (χ2n) is 10.2. The van der Waals surface area contributed by atoms with E-state index in [-0.39, 0.29) is 18.5 Å². The third-order valence-corrected chi connectivity index (χ3v) is 7.51. The number of para-hydroxylation sites is 1. The summed E-state index contributed by atoms with van der Waals surface area (Å²) in [6.07, 6.45) is 1.22. The van der Waals surface area contributed by atoms with Gasteiger partial charge in [0.05, 0.1) is 18.6 Å². The number of H-pyrrole nitrogens is 1. The van der Waals surface area contributed by atoms with E-state index in [1.165, 1.54) is 6.07 Å². The monoisotopic (exact) mass is 513 g/mol. The summed E-state index contributed by atoms with van der Waals surface area (Å²) in [5.74, 6) is -1.24. The summed E-state index contributed by atoms with van der Waals surface area (Å²) in [4.78, 5) is 19.4. The molecular weight excluding hydrogens is 476 g/mol. The van der Waals surface area contributed by atoms with Crippen LogP contribution in [0.5, 0.6) is 5.75 Å². The molecule has 1 aliphatic heterocycles. The molecular formula is C29H37F2N3O3. The summed E-state index contributed by atoms with van der Waals surface area (Å²) in [6.45, 7) is 7.24. The van der Waals surface area contributed by atoms with Gasteiger partial charge < -0.3 is 19.7 Å². The van der Waals surface area contributed by atoms with Gasteiger partial charge in [0.1, 0.15) is 18.2 Å². The van der Waals surface area contributed by atoms with Crippen LogP contribution in [0.25, 0.3) is 10.9 Å². The number of nitrogens with zero attached hydrogens (tertiary/aromatic N) is 2. The van der Waals surface area contributed by atoms with E-state index >= 15 is 4.39 Å². The predicted octanol–water partition coefficient (Wildman–Crippen LogP) is 5.34. The van der Waals surface area contributed by atoms with Crippen LogP contribution in [-0.4, -0.2) is 71.9 Å². The Balaban J connectivity index is 1.74. The lowest BCUT2D eigenvalue weighted by atomic mass is 9.86. The van der Waals surface area contributed by atoms with E-state index in [9.17, 15) is 14.3 Å². The highest BCUT2D eigenvalue weighted by molar-refractivity contribution is 5.85. The highest BCUT2D eigenvalue weighted by Crippen LogP contribution is 2.44. The molecule has 3 aromatic rings. The van der Waals surface area contributed by atoms with Gasteiger partial charge in [-0.15, -0.1) is 0 Å². The molecule has 6 nitrogen and oxygen atoms in total. The van der Waals surface area contributed by atoms with Crippen LogP contribution in [0.2, 0.25) is 0 Å². The van der Waals surface area contributed by atoms with Gasteiger partial charge in [0, 0.05) is 47.8 Å². The number of carbonyl (C=O) groups is 1. The number of rotatable bonds is 11. The maximum Gasteiger partial charge on any atom is 0.307 e. The van der Waals surface area contributed by atoms with Crippen molar-refractivity contribution in [1.29, 1.82) is 0 Å². The Labute approximate surface area is 217 Å². The molecule has 3 atom stereocenters. The fraction of sp³-hybridized carbons (Fsp3) is 0.483. The molecule has 0 aliphatic carbocycles. The summed E-state index contributed by atoms with van der Waals surface area (Å²) in [5, 5.41) is 10.8. The zero-order valence-electron chi connectivity index (χ0n) is 22.1. The maximum atomic E-state index is 15.7. The molecule has 37 heavy (non-hydrogen) atoms. The molecule has 8 heteroatoms. The molecule has 2 aromatic carbocycles. The number of hydrogen-bond acceptors (Lipinski definition) is 4. The topological polar surface area (TPSA) is 68.8 Å². The van der Waals surface area contributed by atoms with Gasteiger partial charge in [-0.05, 0) is 63.1 Å². The maximum absolute atomic E-state index is 15.7. The SMILES string of the molecule is Cc1c(OCCN(C)CCCF)ccc(F)c1[C@@H]1c2[nH]c3ccccc3c2C[C@@H](C)N1CC(C)C(=O)O. The Bertz CT molecular complexity index is 1240. The molecule has 2 heterocycles. The minimum atomic E-state index is -0.875. The number of aromatic nitrogens is 1. The Morgan fingerprint density at radius 1 is 1.27 bits per heavy atom. The van der Waals surface area contributed by atoms with Crippen molar-refractivity contribution in [3.8, 4) is 5.75 Å². The molecule has 0 spiro atoms. The van der Waals surface area contributed by atoms with Gasteiger partial charge in [-0.1, -0.05) is 25.1 Å². The van der Waals surface area contributed by atoms with Gasteiger partial charge >= 0.3 is 5.97 Å². The highest BCUT2D eigenvalue weighted by atomic mass is 19.1. The Hall–Kier alpha value is -2.97. The van der Waals surface area contributed by atoms with Crippen LogP contribution < -0.4 is 4.74 Å². The number of benzene rings is 2. The Morgan fingerprint density at radius 3 is 2.76 bits per heavy atom. The molecule has 1 aromatic heterocycles. The van der Waals surface area contributed by atoms with E-state index in [0.717, 1.165) is 28.6 Å². The van der Waals surface area contributed by atoms with Gasteiger partial charge in [0.2, 0.25) is 0 Å². The lowest BCUT2D eigenvalue weighted by Gasteiger charge is -2.42. The van der Waals surface area contributed by atoms with E-state index in [1.54, 1.807) is 13.0 Å². The second kappa shape index (κ2) is 11.6. The average Bonchev–Trinajstić information content (AvgIpc) is 3.23. The number of carboxylic acids is 1. The number of aliphatic carboxylic acids is 1. The molecule has 4 rings (SSSR count). The minimum absolute atomic E-state index is 0.00559. The number of alkyl halides is 1. The van der Waals surface area contributed by atoms with Crippen molar-refractivity contribution in [2.45, 2.75) is 45.7 Å². The van der Waals surface area contributed by atoms with Crippen LogP contribution in [0.3, 0.4) is 0 Å². The van der Waals surface area contributed by atoms with E-state index in [4.69, 9.17) is 4.74 Å². The smallest absolute Gasteiger partial charge is 0.307 e. The molecule has 0 saturated carbocycles. The lowest BCUT2D eigenvalue weighted by Crippen LogP contribution is -2.46. The van der Waals surface area contributed by atoms with Crippen LogP contribution in [-0.2, 0) is 11.2 Å². The van der Waals surface area contributed by atoms with Crippen molar-refractivity contribution in [3.63, 3.8) is 0 Å². The summed E-state index contributed by atoms with van der Waals surface area (Å²) < 4.78 is 34.2. The quantitative estimate of drug-likeness (QED) is 0.362. The molecule has 200 valence electrons. The van der Waals surface area contributed by atoms with E-state index < -0.39 is 17.9 Å². The molecule has 1 unspecified atom stereocenters. The zero-order chi connectivity index (χ0) is 26.7. The number of nitrogens with one attached hydrogen (secondary N) is 1. The van der Waals surface area contributed by atoms with Crippen LogP contribution in [0.1, 0.15) is 48.7 Å². The van der Waals surface area contributed by atoms with Gasteiger partial charge in [-0.3, -0.25) is 14.1 Å². The van der Waals surface area contributed by atoms with Gasteiger partial charge in [0.25, 0.3) is 0 Å². The van der Waals surface area contributed by atoms with Crippen molar-refractivity contribution in [2.75, 3.05) is 40.0 Å². The molecule has 2 N–H and O–H groups in total. The van der Waals surface area contributed by atoms with Crippen LogP contribution in [0.4, 0.5) is 8.78 Å². The van der Waals surface area contributed by atoms with E-state index in [0.29, 0.717) is 49.5 Å². The van der Waals surface area contributed by atoms with Crippen LogP contribution in [0.15, 0.2) is 36.4 Å². The van der Waals surface area contributed by atoms with E-state index in [2.05, 4.69) is 22.9 Å². The van der Waals surface area contributed by atoms with Crippen molar-refractivity contribution >= 4 is 16.9 Å². The van der Waals surface area contributed by atoms with Gasteiger partial charge in [-0.25, -0.2) is 4.39 Å². The summed E-state index contributed by atoms with van der Waals surface area (Å²) in [7, 11) is 1.92. The predicted molar refractivity (Wildman–Crippen MR) is 142 cm³/mol. The molecule has 0 radical (unpaired) electrons. The molecule has 0 amide bonds. The first kappa shape index (κ1) is 27.1. The number of likely N-dealkylation sites (N-methyl/N-ethyl adjacent to an activating group) is 1. The van der Waals surface area contributed by atoms with E-state index in [1.807, 2.05) is 37.1 Å². The number of aromatic amines is 1. The molecule has 1 aliphatic rings. The lowest BCUT2D eigenvalue weighted by molar-refractivity contribution is -0.142. The third kappa shape index (κ3) is 5.65. The first-order valence-corrected chi connectivity index (χ1v) is 13.0. The number of carboxylic acid groups (broad SMARTS) is 1. The van der Waals surface area contributed by atoms with Crippen molar-refractivity contribution in [1.82, 2.24) is 14.8 Å². The number of fused-ring (bicyclic) bond motifs is 3. The summed E-state index contributed by atoms with van der Waals surface area (Å²) in [5.41, 5.74) is 4.23. The largest absolute Gasteiger partial charge is 0.492 e. The molecule has 0 bridgehead atoms. The highest BCUT2D eigenvalue weighted by Gasteiger charge is 2.39. The van der Waals surface area contributed by atoms with Gasteiger partial charge in [0.15, 0.2) is 0 Å². The number of hydrogen-bond donors (Lipinski definition) is 2. The van der Waals surface area contributed by atoms with Crippen LogP contribution in [0, 0.1) is 18.7 Å². The fourth-order valence-electron chi connectivity index (χ4n) is 5.42. The van der Waals surface area contributed by atoms with Crippen molar-refractivity contribution < 1.29 is 23.4 Å². The number of ether oxygens (including phenoxy) is 1. The van der Waals surface area contributed by atoms with Gasteiger partial charge in [-0.2, -0.15) is 0 Å². The first-order chi connectivity index (χ1) is 17.7. The third-order valence-electron chi connectivity index (χ3n) is 7.51. The second-order valence-corrected chi connectivity index (χ2v) is 10.2. The Morgan fingerprint density at radius 2 is 2.03 bits per heavy atom. The minimum Gasteiger partial charge on any atom is -0.492 e. The normalized spacial score (nSPS) is 18.8. The zero-order valence-corrected chi connectivity index (χ0v) is 22.1. The summed E-state index contributed by atoms with van der Waals surface area (Å²) >= 11 is 0. The fourth-order valence-corrected chi connectivity index (χ4v) is 5.42. The average molecular weight is 514 g/mol. The number of halogens is 2. The Kier molecular flexibility index (Phi) is 8.49. The van der Waals surface area contributed by atoms with Crippen molar-refractivity contribution in [3.05, 3.63) is 64.6 Å². The van der Waals surface area contributed by atoms with Crippen LogP contribution >= 0.6 is 0 Å². The molecule has 0 fully saturated rings. The molecule has 0 saturated heterocycles. The standard InChI is InChI=1S/C29H37F2N3O3/c1-18(29(35)36)17-34-19(2)16-22-21-8-5-6-9-24(21)32-27(22)28(34)26-20(3)25(11-10-23(26)31)37-15-14-33(4)13-7-12-30/h5-6,8-11,18-19,28,32H,7,12-17H2,1-4H3,(H,35,36)/t18?,19-,28-/m1/s1. The first-order valence-electron chi connectivity index (χ1n) is 13.0.